The SMILES string of the molecule is COc1cc(/C=C2\N=C(c3cc(Cl)ccn3)OC2=O)ccc1OC(=O)C1CC1. The highest BCUT2D eigenvalue weighted by Gasteiger charge is 2.32. The molecule has 2 heterocycles. The Morgan fingerprint density at radius 2 is 2.07 bits per heavy atom. The summed E-state index contributed by atoms with van der Waals surface area (Å²) >= 11 is 5.93. The molecule has 7 nitrogen and oxygen atoms in total. The van der Waals surface area contributed by atoms with Crippen molar-refractivity contribution in [3.05, 3.63) is 58.5 Å². The molecular weight excluding hydrogens is 384 g/mol. The number of aromatic nitrogens is 1. The summed E-state index contributed by atoms with van der Waals surface area (Å²) in [6, 6.07) is 8.14. The van der Waals surface area contributed by atoms with Crippen LogP contribution in [-0.2, 0) is 14.3 Å². The average molecular weight is 399 g/mol. The topological polar surface area (TPSA) is 87.1 Å². The Bertz CT molecular complexity index is 1030. The maximum Gasteiger partial charge on any atom is 0.363 e. The molecule has 2 aromatic rings. The van der Waals surface area contributed by atoms with Crippen LogP contribution in [0.25, 0.3) is 6.08 Å². The number of methoxy groups -OCH3 is 1. The summed E-state index contributed by atoms with van der Waals surface area (Å²) < 4.78 is 15.8. The third kappa shape index (κ3) is 3.89. The van der Waals surface area contributed by atoms with Crippen molar-refractivity contribution < 1.29 is 23.8 Å². The second-order valence-corrected chi connectivity index (χ2v) is 6.74. The Balaban J connectivity index is 1.59. The van der Waals surface area contributed by atoms with Crippen LogP contribution in [0, 0.1) is 5.92 Å². The van der Waals surface area contributed by atoms with E-state index in [1.165, 1.54) is 13.3 Å². The minimum absolute atomic E-state index is 0.0207. The van der Waals surface area contributed by atoms with Crippen LogP contribution >= 0.6 is 11.6 Å². The number of pyridine rings is 1. The molecule has 1 fully saturated rings. The Labute approximate surface area is 165 Å². The number of rotatable bonds is 5. The van der Waals surface area contributed by atoms with Gasteiger partial charge in [0, 0.05) is 11.2 Å². The summed E-state index contributed by atoms with van der Waals surface area (Å²) in [6.45, 7) is 0. The fourth-order valence-electron chi connectivity index (χ4n) is 2.57. The molecule has 4 rings (SSSR count). The van der Waals surface area contributed by atoms with Gasteiger partial charge in [0.15, 0.2) is 17.2 Å². The van der Waals surface area contributed by atoms with E-state index >= 15 is 0 Å². The van der Waals surface area contributed by atoms with Crippen LogP contribution in [0.2, 0.25) is 5.02 Å². The quantitative estimate of drug-likeness (QED) is 0.436. The minimum Gasteiger partial charge on any atom is -0.493 e. The van der Waals surface area contributed by atoms with E-state index in [-0.39, 0.29) is 23.5 Å². The molecule has 0 amide bonds. The number of esters is 2. The van der Waals surface area contributed by atoms with Gasteiger partial charge in [-0.25, -0.2) is 9.79 Å². The standard InChI is InChI=1S/C20H15ClN2O5/c1-26-17-9-11(2-5-16(17)27-19(24)12-3-4-12)8-15-20(25)28-18(23-15)14-10-13(21)6-7-22-14/h2,5-10,12H,3-4H2,1H3/b15-8-. The summed E-state index contributed by atoms with van der Waals surface area (Å²) in [6.07, 6.45) is 4.77. The zero-order chi connectivity index (χ0) is 19.7. The van der Waals surface area contributed by atoms with E-state index in [2.05, 4.69) is 9.98 Å². The van der Waals surface area contributed by atoms with Crippen molar-refractivity contribution in [3.63, 3.8) is 0 Å². The molecule has 1 saturated carbocycles. The number of nitrogens with zero attached hydrogens (tertiary/aromatic N) is 2. The molecule has 0 spiro atoms. The van der Waals surface area contributed by atoms with Gasteiger partial charge in [-0.15, -0.1) is 0 Å². The van der Waals surface area contributed by atoms with Crippen LogP contribution in [0.15, 0.2) is 47.2 Å². The highest BCUT2D eigenvalue weighted by molar-refractivity contribution is 6.31. The normalized spacial score (nSPS) is 17.3. The lowest BCUT2D eigenvalue weighted by Gasteiger charge is -2.09. The number of carbonyl (C=O) groups excluding carboxylic acids is 2. The summed E-state index contributed by atoms with van der Waals surface area (Å²) in [7, 11) is 1.48. The zero-order valence-electron chi connectivity index (χ0n) is 14.8. The highest BCUT2D eigenvalue weighted by Crippen LogP contribution is 2.34. The molecular formula is C20H15ClN2O5. The third-order valence-corrected chi connectivity index (χ3v) is 4.41. The third-order valence-electron chi connectivity index (χ3n) is 4.17. The van der Waals surface area contributed by atoms with Crippen LogP contribution in [0.1, 0.15) is 24.1 Å². The van der Waals surface area contributed by atoms with Crippen LogP contribution in [0.5, 0.6) is 11.5 Å². The number of hydrogen-bond acceptors (Lipinski definition) is 7. The van der Waals surface area contributed by atoms with Crippen LogP contribution < -0.4 is 9.47 Å². The maximum absolute atomic E-state index is 12.1. The maximum atomic E-state index is 12.1. The first-order chi connectivity index (χ1) is 13.5. The molecule has 0 atom stereocenters. The first-order valence-electron chi connectivity index (χ1n) is 8.58. The Morgan fingerprint density at radius 1 is 1.25 bits per heavy atom. The Hall–Kier alpha value is -3.19. The number of ether oxygens (including phenoxy) is 3. The van der Waals surface area contributed by atoms with Gasteiger partial charge < -0.3 is 14.2 Å². The van der Waals surface area contributed by atoms with E-state index in [0.717, 1.165) is 12.8 Å². The highest BCUT2D eigenvalue weighted by atomic mass is 35.5. The summed E-state index contributed by atoms with van der Waals surface area (Å²) in [5.74, 6) is -0.0707. The molecule has 1 aliphatic heterocycles. The molecule has 1 aromatic heterocycles. The first kappa shape index (κ1) is 18.2. The molecule has 0 N–H and O–H groups in total. The van der Waals surface area contributed by atoms with Crippen molar-refractivity contribution in [1.29, 1.82) is 0 Å². The number of carbonyl (C=O) groups is 2. The van der Waals surface area contributed by atoms with Gasteiger partial charge in [-0.1, -0.05) is 17.7 Å². The van der Waals surface area contributed by atoms with E-state index in [1.54, 1.807) is 36.4 Å². The van der Waals surface area contributed by atoms with E-state index < -0.39 is 5.97 Å². The van der Waals surface area contributed by atoms with Crippen molar-refractivity contribution in [3.8, 4) is 11.5 Å². The summed E-state index contributed by atoms with van der Waals surface area (Å²) in [5, 5.41) is 0.460. The van der Waals surface area contributed by atoms with Crippen LogP contribution in [-0.4, -0.2) is 29.9 Å². The molecule has 0 unspecified atom stereocenters. The molecule has 8 heteroatoms. The average Bonchev–Trinajstić information content (AvgIpc) is 3.47. The number of hydrogen-bond donors (Lipinski definition) is 0. The van der Waals surface area contributed by atoms with E-state index in [4.69, 9.17) is 25.8 Å². The fourth-order valence-corrected chi connectivity index (χ4v) is 2.73. The van der Waals surface area contributed by atoms with Gasteiger partial charge in [-0.2, -0.15) is 0 Å². The van der Waals surface area contributed by atoms with Crippen molar-refractivity contribution in [1.82, 2.24) is 4.98 Å². The van der Waals surface area contributed by atoms with Gasteiger partial charge in [-0.3, -0.25) is 9.78 Å². The molecule has 1 aromatic carbocycles. The summed E-state index contributed by atoms with van der Waals surface area (Å²) in [4.78, 5) is 32.3. The van der Waals surface area contributed by atoms with Gasteiger partial charge in [0.1, 0.15) is 5.69 Å². The predicted molar refractivity (Wildman–Crippen MR) is 101 cm³/mol. The van der Waals surface area contributed by atoms with Gasteiger partial charge in [0.05, 0.1) is 13.0 Å². The number of aliphatic imine (C=N–C) groups is 1. The fraction of sp³-hybridized carbons (Fsp3) is 0.200. The summed E-state index contributed by atoms with van der Waals surface area (Å²) in [5.41, 5.74) is 1.12. The largest absolute Gasteiger partial charge is 0.493 e. The second kappa shape index (κ2) is 7.44. The lowest BCUT2D eigenvalue weighted by atomic mass is 10.1. The van der Waals surface area contributed by atoms with Crippen molar-refractivity contribution in [2.24, 2.45) is 10.9 Å². The van der Waals surface area contributed by atoms with E-state index in [1.807, 2.05) is 0 Å². The molecule has 1 aliphatic carbocycles. The molecule has 0 saturated heterocycles. The number of benzene rings is 1. The van der Waals surface area contributed by atoms with Crippen molar-refractivity contribution in [2.75, 3.05) is 7.11 Å². The van der Waals surface area contributed by atoms with Gasteiger partial charge >= 0.3 is 11.9 Å². The Kier molecular flexibility index (Phi) is 4.83. The number of cyclic esters (lactones) is 1. The smallest absolute Gasteiger partial charge is 0.363 e. The minimum atomic E-state index is -0.597. The van der Waals surface area contributed by atoms with Gasteiger partial charge in [0.25, 0.3) is 0 Å². The molecule has 28 heavy (non-hydrogen) atoms. The van der Waals surface area contributed by atoms with E-state index in [9.17, 15) is 9.59 Å². The van der Waals surface area contributed by atoms with E-state index in [0.29, 0.717) is 27.8 Å². The lowest BCUT2D eigenvalue weighted by Crippen LogP contribution is -2.10. The van der Waals surface area contributed by atoms with Gasteiger partial charge in [-0.05, 0) is 48.7 Å². The molecule has 2 aliphatic rings. The lowest BCUT2D eigenvalue weighted by molar-refractivity contribution is -0.136. The monoisotopic (exact) mass is 398 g/mol. The molecule has 142 valence electrons. The molecule has 0 radical (unpaired) electrons. The van der Waals surface area contributed by atoms with Crippen molar-refractivity contribution in [2.45, 2.75) is 12.8 Å². The molecule has 0 bridgehead atoms. The first-order valence-corrected chi connectivity index (χ1v) is 8.95. The van der Waals surface area contributed by atoms with Gasteiger partial charge in [0.2, 0.25) is 5.90 Å². The predicted octanol–water partition coefficient (Wildman–Crippen LogP) is 3.40. The van der Waals surface area contributed by atoms with Crippen LogP contribution in [0.4, 0.5) is 0 Å². The second-order valence-electron chi connectivity index (χ2n) is 6.30. The van der Waals surface area contributed by atoms with Crippen LogP contribution in [0.3, 0.4) is 0 Å². The Morgan fingerprint density at radius 3 is 2.79 bits per heavy atom. The zero-order valence-corrected chi connectivity index (χ0v) is 15.6. The number of halogens is 1. The van der Waals surface area contributed by atoms with Crippen molar-refractivity contribution >= 4 is 35.5 Å².